The molecule has 0 aliphatic carbocycles. The number of fused-ring (bicyclic) bond motifs is 1. The van der Waals surface area contributed by atoms with Crippen LogP contribution in [0.3, 0.4) is 0 Å². The number of hydrogen-bond donors (Lipinski definition) is 1. The Morgan fingerprint density at radius 3 is 3.21 bits per heavy atom. The molecule has 3 atom stereocenters. The molecule has 2 aromatic rings. The first kappa shape index (κ1) is 15.8. The summed E-state index contributed by atoms with van der Waals surface area (Å²) in [6, 6.07) is 2.53. The number of aromatic nitrogens is 2. The Kier molecular flexibility index (Phi) is 4.39. The smallest absolute Gasteiger partial charge is 0.249 e. The Balaban J connectivity index is 1.32. The molecule has 128 valence electrons. The highest BCUT2D eigenvalue weighted by molar-refractivity contribution is 7.07. The monoisotopic (exact) mass is 346 g/mol. The molecule has 0 radical (unpaired) electrons. The van der Waals surface area contributed by atoms with E-state index in [1.54, 1.807) is 17.5 Å². The van der Waals surface area contributed by atoms with Crippen LogP contribution in [-0.2, 0) is 29.7 Å². The van der Waals surface area contributed by atoms with Crippen molar-refractivity contribution in [1.29, 1.82) is 0 Å². The van der Waals surface area contributed by atoms with Crippen LogP contribution in [0.5, 0.6) is 0 Å². The quantitative estimate of drug-likeness (QED) is 0.892. The lowest BCUT2D eigenvalue weighted by Crippen LogP contribution is -2.36. The summed E-state index contributed by atoms with van der Waals surface area (Å²) in [6.45, 7) is 2.44. The number of aryl methyl sites for hydroxylation is 1. The molecule has 1 N–H and O–H groups in total. The number of nitrogens with zero attached hydrogens (tertiary/aromatic N) is 3. The minimum atomic E-state index is -0.342. The number of amides is 1. The molecular weight excluding hydrogens is 324 g/mol. The summed E-state index contributed by atoms with van der Waals surface area (Å²) >= 11 is 1.73. The summed E-state index contributed by atoms with van der Waals surface area (Å²) in [4.78, 5) is 19.1. The van der Waals surface area contributed by atoms with Crippen molar-refractivity contribution in [1.82, 2.24) is 19.8 Å². The fourth-order valence-corrected chi connectivity index (χ4v) is 4.32. The van der Waals surface area contributed by atoms with Gasteiger partial charge in [-0.3, -0.25) is 9.69 Å². The molecule has 6 nitrogen and oxygen atoms in total. The van der Waals surface area contributed by atoms with Crippen molar-refractivity contribution in [3.8, 4) is 0 Å². The maximum atomic E-state index is 12.4. The van der Waals surface area contributed by atoms with E-state index in [1.807, 2.05) is 17.8 Å². The number of thiophene rings is 1. The average molecular weight is 346 g/mol. The first-order valence-electron chi connectivity index (χ1n) is 8.35. The summed E-state index contributed by atoms with van der Waals surface area (Å²) in [7, 11) is 1.92. The summed E-state index contributed by atoms with van der Waals surface area (Å²) < 4.78 is 7.93. The first-order valence-corrected chi connectivity index (χ1v) is 9.29. The van der Waals surface area contributed by atoms with Gasteiger partial charge in [-0.2, -0.15) is 11.3 Å². The van der Waals surface area contributed by atoms with Crippen LogP contribution < -0.4 is 5.32 Å². The van der Waals surface area contributed by atoms with Crippen molar-refractivity contribution in [2.75, 3.05) is 6.54 Å². The maximum absolute atomic E-state index is 12.4. The van der Waals surface area contributed by atoms with E-state index < -0.39 is 0 Å². The summed E-state index contributed by atoms with van der Waals surface area (Å²) in [5, 5.41) is 7.26. The van der Waals surface area contributed by atoms with Crippen molar-refractivity contribution in [2.45, 2.75) is 44.2 Å². The van der Waals surface area contributed by atoms with Gasteiger partial charge in [0.1, 0.15) is 11.9 Å². The molecule has 0 saturated carbocycles. The van der Waals surface area contributed by atoms with Crippen LogP contribution in [0, 0.1) is 0 Å². The van der Waals surface area contributed by atoms with Crippen LogP contribution in [0.4, 0.5) is 0 Å². The largest absolute Gasteiger partial charge is 0.363 e. The standard InChI is InChI=1S/C17H22N4O2S/c1-20-6-4-18-16(20)9-19-17(22)15-8-13-14(23-15)2-5-21(13)10-12-3-7-24-11-12/h3-4,6-7,11,13-15H,2,5,8-10H2,1H3,(H,19,22)/t13-,14-,15+/m1/s1. The van der Waals surface area contributed by atoms with E-state index in [4.69, 9.17) is 4.74 Å². The molecule has 4 rings (SSSR count). The normalized spacial score (nSPS) is 26.6. The zero-order valence-corrected chi connectivity index (χ0v) is 14.5. The van der Waals surface area contributed by atoms with Gasteiger partial charge in [0.25, 0.3) is 0 Å². The van der Waals surface area contributed by atoms with Crippen molar-refractivity contribution >= 4 is 17.2 Å². The number of carbonyl (C=O) groups excluding carboxylic acids is 1. The predicted molar refractivity (Wildman–Crippen MR) is 91.5 cm³/mol. The van der Waals surface area contributed by atoms with Crippen molar-refractivity contribution < 1.29 is 9.53 Å². The molecule has 0 bridgehead atoms. The van der Waals surface area contributed by atoms with Crippen LogP contribution in [0.2, 0.25) is 0 Å². The number of imidazole rings is 1. The third kappa shape index (κ3) is 3.11. The van der Waals surface area contributed by atoms with Gasteiger partial charge >= 0.3 is 0 Å². The van der Waals surface area contributed by atoms with E-state index in [2.05, 4.69) is 32.0 Å². The van der Waals surface area contributed by atoms with Gasteiger partial charge in [0.05, 0.1) is 12.6 Å². The van der Waals surface area contributed by atoms with Gasteiger partial charge in [0.2, 0.25) is 5.91 Å². The van der Waals surface area contributed by atoms with Gasteiger partial charge in [0.15, 0.2) is 0 Å². The Labute approximate surface area is 145 Å². The van der Waals surface area contributed by atoms with Crippen molar-refractivity contribution in [3.63, 3.8) is 0 Å². The molecule has 2 aliphatic rings. The summed E-state index contributed by atoms with van der Waals surface area (Å²) in [5.74, 6) is 0.823. The number of likely N-dealkylation sites (tertiary alicyclic amines) is 1. The van der Waals surface area contributed by atoms with Gasteiger partial charge in [-0.1, -0.05) is 0 Å². The van der Waals surface area contributed by atoms with Gasteiger partial charge in [0, 0.05) is 45.0 Å². The molecule has 24 heavy (non-hydrogen) atoms. The highest BCUT2D eigenvalue weighted by atomic mass is 32.1. The minimum absolute atomic E-state index is 0.0251. The van der Waals surface area contributed by atoms with E-state index >= 15 is 0 Å². The van der Waals surface area contributed by atoms with Crippen LogP contribution in [0.15, 0.2) is 29.2 Å². The zero-order valence-electron chi connectivity index (χ0n) is 13.7. The van der Waals surface area contributed by atoms with Crippen molar-refractivity contribution in [3.05, 3.63) is 40.6 Å². The Bertz CT molecular complexity index is 699. The molecule has 0 unspecified atom stereocenters. The van der Waals surface area contributed by atoms with Gasteiger partial charge in [-0.15, -0.1) is 0 Å². The zero-order chi connectivity index (χ0) is 16.5. The average Bonchev–Trinajstić information content (AvgIpc) is 3.32. The Morgan fingerprint density at radius 1 is 1.54 bits per heavy atom. The van der Waals surface area contributed by atoms with Crippen LogP contribution in [0.1, 0.15) is 24.2 Å². The second-order valence-electron chi connectivity index (χ2n) is 6.53. The van der Waals surface area contributed by atoms with Crippen LogP contribution in [-0.4, -0.2) is 45.2 Å². The lowest BCUT2D eigenvalue weighted by Gasteiger charge is -2.22. The van der Waals surface area contributed by atoms with Crippen LogP contribution in [0.25, 0.3) is 0 Å². The third-order valence-electron chi connectivity index (χ3n) is 4.99. The minimum Gasteiger partial charge on any atom is -0.363 e. The molecule has 2 aliphatic heterocycles. The number of hydrogen-bond acceptors (Lipinski definition) is 5. The lowest BCUT2D eigenvalue weighted by molar-refractivity contribution is -0.132. The van der Waals surface area contributed by atoms with Gasteiger partial charge in [-0.05, 0) is 28.8 Å². The highest BCUT2D eigenvalue weighted by Gasteiger charge is 2.45. The molecular formula is C17H22N4O2S. The molecule has 4 heterocycles. The first-order chi connectivity index (χ1) is 11.7. The molecule has 2 saturated heterocycles. The second kappa shape index (κ2) is 6.66. The Hall–Kier alpha value is -1.70. The second-order valence-corrected chi connectivity index (χ2v) is 7.31. The highest BCUT2D eigenvalue weighted by Crippen LogP contribution is 2.34. The summed E-state index contributed by atoms with van der Waals surface area (Å²) in [6.07, 6.45) is 5.25. The molecule has 2 fully saturated rings. The molecule has 0 spiro atoms. The van der Waals surface area contributed by atoms with Gasteiger partial charge in [-0.25, -0.2) is 4.98 Å². The maximum Gasteiger partial charge on any atom is 0.249 e. The van der Waals surface area contributed by atoms with Gasteiger partial charge < -0.3 is 14.6 Å². The topological polar surface area (TPSA) is 59.4 Å². The van der Waals surface area contributed by atoms with E-state index in [0.717, 1.165) is 31.8 Å². The number of carbonyl (C=O) groups is 1. The van der Waals surface area contributed by atoms with E-state index in [1.165, 1.54) is 5.56 Å². The number of ether oxygens (including phenoxy) is 1. The number of nitrogens with one attached hydrogen (secondary N) is 1. The summed E-state index contributed by atoms with van der Waals surface area (Å²) in [5.41, 5.74) is 1.35. The fraction of sp³-hybridized carbons (Fsp3) is 0.529. The van der Waals surface area contributed by atoms with Crippen LogP contribution >= 0.6 is 11.3 Å². The molecule has 1 amide bonds. The van der Waals surface area contributed by atoms with Crippen molar-refractivity contribution in [2.24, 2.45) is 7.05 Å². The van der Waals surface area contributed by atoms with E-state index in [0.29, 0.717) is 12.6 Å². The third-order valence-corrected chi connectivity index (χ3v) is 5.73. The molecule has 0 aromatic carbocycles. The fourth-order valence-electron chi connectivity index (χ4n) is 3.66. The number of rotatable bonds is 5. The molecule has 7 heteroatoms. The lowest BCUT2D eigenvalue weighted by atomic mass is 10.1. The Morgan fingerprint density at radius 2 is 2.46 bits per heavy atom. The predicted octanol–water partition coefficient (Wildman–Crippen LogP) is 1.53. The molecule has 2 aromatic heterocycles. The van der Waals surface area contributed by atoms with E-state index in [-0.39, 0.29) is 18.1 Å². The SMILES string of the molecule is Cn1ccnc1CNC(=O)[C@@H]1C[C@@H]2[C@@H](CCN2Cc2ccsc2)O1. The van der Waals surface area contributed by atoms with E-state index in [9.17, 15) is 4.79 Å².